The van der Waals surface area contributed by atoms with E-state index in [9.17, 15) is 23.7 Å². The molecular formula is C15H29N3O6S. The zero-order chi connectivity index (χ0) is 19.9. The topological polar surface area (TPSA) is 145 Å². The average Bonchev–Trinajstić information content (AvgIpc) is 2.54. The van der Waals surface area contributed by atoms with Crippen molar-refractivity contribution in [3.63, 3.8) is 0 Å². The van der Waals surface area contributed by atoms with E-state index in [1.807, 2.05) is 0 Å². The van der Waals surface area contributed by atoms with Crippen molar-refractivity contribution >= 4 is 28.5 Å². The van der Waals surface area contributed by atoms with Crippen molar-refractivity contribution in [2.45, 2.75) is 51.0 Å². The molecule has 0 radical (unpaired) electrons. The van der Waals surface area contributed by atoms with Gasteiger partial charge in [-0.3, -0.25) is 23.8 Å². The van der Waals surface area contributed by atoms with Crippen molar-refractivity contribution < 1.29 is 28.9 Å². The first kappa shape index (κ1) is 23.5. The molecule has 146 valence electrons. The summed E-state index contributed by atoms with van der Waals surface area (Å²) in [6.45, 7) is 6.73. The number of likely N-dealkylation sites (N-methyl/N-ethyl adjacent to an activating group) is 1. The number of amides is 3. The van der Waals surface area contributed by atoms with Crippen LogP contribution in [0.1, 0.15) is 34.1 Å². The van der Waals surface area contributed by atoms with Gasteiger partial charge in [-0.15, -0.1) is 0 Å². The Morgan fingerprint density at radius 3 is 2.00 bits per heavy atom. The highest BCUT2D eigenvalue weighted by atomic mass is 32.2. The molecular weight excluding hydrogens is 350 g/mol. The number of rotatable bonds is 9. The standard InChI is InChI=1S/C15H29N3O6S/c1-8(2)7-9(10(19)13(21)18-23)12(20)17-11(14(22)16-5)15(3,4)25(6)24/h8-11,19,23H,7H2,1-6H3,(H,16,22)(H,17,20)(H,18,21). The zero-order valence-electron chi connectivity index (χ0n) is 15.5. The zero-order valence-corrected chi connectivity index (χ0v) is 16.3. The van der Waals surface area contributed by atoms with Crippen molar-refractivity contribution in [1.82, 2.24) is 16.1 Å². The third-order valence-electron chi connectivity index (χ3n) is 4.05. The molecule has 25 heavy (non-hydrogen) atoms. The first-order chi connectivity index (χ1) is 11.4. The molecule has 0 fully saturated rings. The van der Waals surface area contributed by atoms with Gasteiger partial charge < -0.3 is 15.7 Å². The number of aliphatic hydroxyl groups excluding tert-OH is 1. The number of carbonyl (C=O) groups is 3. The normalized spacial score (nSPS) is 16.5. The molecule has 5 N–H and O–H groups in total. The SMILES string of the molecule is CNC(=O)C(NC(=O)C(CC(C)C)C(O)C(=O)NO)C(C)(C)S(C)=O. The van der Waals surface area contributed by atoms with Crippen LogP contribution in [0.5, 0.6) is 0 Å². The van der Waals surface area contributed by atoms with Crippen LogP contribution in [-0.4, -0.2) is 62.4 Å². The van der Waals surface area contributed by atoms with Crippen LogP contribution in [0.4, 0.5) is 0 Å². The van der Waals surface area contributed by atoms with Crippen LogP contribution in [-0.2, 0) is 25.2 Å². The molecule has 0 aliphatic carbocycles. The van der Waals surface area contributed by atoms with Crippen LogP contribution in [0, 0.1) is 11.8 Å². The van der Waals surface area contributed by atoms with Crippen molar-refractivity contribution in [1.29, 1.82) is 0 Å². The summed E-state index contributed by atoms with van der Waals surface area (Å²) in [6, 6.07) is -1.13. The molecule has 0 saturated heterocycles. The van der Waals surface area contributed by atoms with E-state index < -0.39 is 51.3 Å². The summed E-state index contributed by atoms with van der Waals surface area (Å²) in [5.41, 5.74) is 1.31. The molecule has 0 rings (SSSR count). The fraction of sp³-hybridized carbons (Fsp3) is 0.800. The van der Waals surface area contributed by atoms with E-state index in [2.05, 4.69) is 10.6 Å². The van der Waals surface area contributed by atoms with Gasteiger partial charge in [0.25, 0.3) is 5.91 Å². The third-order valence-corrected chi connectivity index (χ3v) is 5.77. The highest BCUT2D eigenvalue weighted by molar-refractivity contribution is 7.85. The van der Waals surface area contributed by atoms with E-state index in [4.69, 9.17) is 5.21 Å². The van der Waals surface area contributed by atoms with Crippen molar-refractivity contribution in [2.75, 3.05) is 13.3 Å². The molecule has 0 aliphatic heterocycles. The Bertz CT molecular complexity index is 523. The Balaban J connectivity index is 5.62. The fourth-order valence-corrected chi connectivity index (χ4v) is 2.75. The van der Waals surface area contributed by atoms with E-state index >= 15 is 0 Å². The summed E-state index contributed by atoms with van der Waals surface area (Å²) < 4.78 is 10.9. The molecule has 0 aromatic carbocycles. The van der Waals surface area contributed by atoms with Crippen LogP contribution in [0.15, 0.2) is 0 Å². The fourth-order valence-electron chi connectivity index (χ4n) is 2.25. The van der Waals surface area contributed by atoms with E-state index in [-0.39, 0.29) is 12.3 Å². The quantitative estimate of drug-likeness (QED) is 0.254. The molecule has 4 atom stereocenters. The molecule has 0 heterocycles. The second kappa shape index (κ2) is 9.83. The van der Waals surface area contributed by atoms with Crippen molar-refractivity contribution in [3.8, 4) is 0 Å². The first-order valence-corrected chi connectivity index (χ1v) is 9.43. The minimum Gasteiger partial charge on any atom is -0.382 e. The lowest BCUT2D eigenvalue weighted by atomic mass is 9.90. The number of hydroxylamine groups is 1. The minimum absolute atomic E-state index is 0.0383. The first-order valence-electron chi connectivity index (χ1n) is 7.87. The number of carbonyl (C=O) groups excluding carboxylic acids is 3. The molecule has 0 aromatic heterocycles. The second-order valence-electron chi connectivity index (χ2n) is 6.77. The van der Waals surface area contributed by atoms with Gasteiger partial charge in [0.1, 0.15) is 12.1 Å². The summed E-state index contributed by atoms with van der Waals surface area (Å²) in [5, 5.41) is 23.6. The van der Waals surface area contributed by atoms with Crippen LogP contribution < -0.4 is 16.1 Å². The monoisotopic (exact) mass is 379 g/mol. The van der Waals surface area contributed by atoms with Crippen molar-refractivity contribution in [2.24, 2.45) is 11.8 Å². The van der Waals surface area contributed by atoms with Crippen LogP contribution in [0.25, 0.3) is 0 Å². The Hall–Kier alpha value is -1.52. The van der Waals surface area contributed by atoms with Gasteiger partial charge in [-0.25, -0.2) is 5.48 Å². The van der Waals surface area contributed by atoms with E-state index in [0.717, 1.165) is 0 Å². The maximum Gasteiger partial charge on any atom is 0.272 e. The van der Waals surface area contributed by atoms with E-state index in [1.54, 1.807) is 27.7 Å². The van der Waals surface area contributed by atoms with Gasteiger partial charge in [0, 0.05) is 24.1 Å². The molecule has 0 spiro atoms. The minimum atomic E-state index is -1.78. The summed E-state index contributed by atoms with van der Waals surface area (Å²) in [4.78, 5) is 36.3. The third kappa shape index (κ3) is 6.37. The average molecular weight is 379 g/mol. The van der Waals surface area contributed by atoms with Gasteiger partial charge in [-0.1, -0.05) is 13.8 Å². The largest absolute Gasteiger partial charge is 0.382 e. The molecule has 3 amide bonds. The second-order valence-corrected chi connectivity index (χ2v) is 8.73. The van der Waals surface area contributed by atoms with Gasteiger partial charge in [-0.2, -0.15) is 0 Å². The maximum atomic E-state index is 12.6. The van der Waals surface area contributed by atoms with Gasteiger partial charge in [0.2, 0.25) is 11.8 Å². The highest BCUT2D eigenvalue weighted by Gasteiger charge is 2.42. The van der Waals surface area contributed by atoms with E-state index in [1.165, 1.54) is 18.8 Å². The van der Waals surface area contributed by atoms with Gasteiger partial charge in [0.15, 0.2) is 0 Å². The maximum absolute atomic E-state index is 12.6. The molecule has 0 bridgehead atoms. The van der Waals surface area contributed by atoms with Crippen LogP contribution >= 0.6 is 0 Å². The van der Waals surface area contributed by atoms with Gasteiger partial charge in [0.05, 0.1) is 10.7 Å². The molecule has 0 saturated carbocycles. The molecule has 9 nitrogen and oxygen atoms in total. The Morgan fingerprint density at radius 1 is 1.12 bits per heavy atom. The smallest absolute Gasteiger partial charge is 0.272 e. The van der Waals surface area contributed by atoms with Crippen LogP contribution in [0.2, 0.25) is 0 Å². The molecule has 0 aromatic rings. The highest BCUT2D eigenvalue weighted by Crippen LogP contribution is 2.21. The predicted octanol–water partition coefficient (Wildman–Crippen LogP) is -1.10. The number of hydrogen-bond donors (Lipinski definition) is 5. The molecule has 4 unspecified atom stereocenters. The lowest BCUT2D eigenvalue weighted by Gasteiger charge is -2.33. The summed E-state index contributed by atoms with van der Waals surface area (Å²) in [5.74, 6) is -3.62. The molecule has 10 heteroatoms. The summed E-state index contributed by atoms with van der Waals surface area (Å²) >= 11 is 0. The molecule has 0 aliphatic rings. The van der Waals surface area contributed by atoms with E-state index in [0.29, 0.717) is 0 Å². The summed E-state index contributed by atoms with van der Waals surface area (Å²) in [6.07, 6.45) is -0.217. The Morgan fingerprint density at radius 2 is 1.64 bits per heavy atom. The lowest BCUT2D eigenvalue weighted by molar-refractivity contribution is -0.147. The Labute approximate surface area is 150 Å². The van der Waals surface area contributed by atoms with Crippen molar-refractivity contribution in [3.05, 3.63) is 0 Å². The van der Waals surface area contributed by atoms with Crippen LogP contribution in [0.3, 0.4) is 0 Å². The van der Waals surface area contributed by atoms with Gasteiger partial charge >= 0.3 is 0 Å². The lowest BCUT2D eigenvalue weighted by Crippen LogP contribution is -2.60. The summed E-state index contributed by atoms with van der Waals surface area (Å²) in [7, 11) is -0.0623. The predicted molar refractivity (Wildman–Crippen MR) is 93.0 cm³/mol. The Kier molecular flexibility index (Phi) is 9.23. The van der Waals surface area contributed by atoms with Gasteiger partial charge in [-0.05, 0) is 26.2 Å². The number of aliphatic hydroxyl groups is 1. The number of hydrogen-bond acceptors (Lipinski definition) is 6. The number of nitrogens with one attached hydrogen (secondary N) is 3.